The highest BCUT2D eigenvalue weighted by Gasteiger charge is 2.03. The van der Waals surface area contributed by atoms with E-state index in [0.29, 0.717) is 12.2 Å². The van der Waals surface area contributed by atoms with Crippen LogP contribution in [0.15, 0.2) is 18.2 Å². The second kappa shape index (κ2) is 7.82. The average Bonchev–Trinajstić information content (AvgIpc) is 2.29. The highest BCUT2D eigenvalue weighted by atomic mass is 16.3. The average molecular weight is 224 g/mol. The molecule has 1 heterocycles. The van der Waals surface area contributed by atoms with Crippen molar-refractivity contribution in [2.45, 2.75) is 40.3 Å². The zero-order valence-corrected chi connectivity index (χ0v) is 10.3. The monoisotopic (exact) mass is 224 g/mol. The molecule has 1 aromatic heterocycles. The first-order valence-corrected chi connectivity index (χ1v) is 5.48. The lowest BCUT2D eigenvalue weighted by atomic mass is 10.2. The summed E-state index contributed by atoms with van der Waals surface area (Å²) in [7, 11) is 0. The Hall–Kier alpha value is -1.42. The summed E-state index contributed by atoms with van der Waals surface area (Å²) in [6.07, 6.45) is -0.577. The van der Waals surface area contributed by atoms with E-state index in [9.17, 15) is 9.90 Å². The SMILES string of the molecule is CC.CC(=O)NCc1cccc(C(C)O)n1. The normalized spacial score (nSPS) is 11.1. The van der Waals surface area contributed by atoms with Gasteiger partial charge in [0.15, 0.2) is 0 Å². The molecule has 1 atom stereocenters. The van der Waals surface area contributed by atoms with Gasteiger partial charge >= 0.3 is 0 Å². The molecule has 4 heteroatoms. The first-order valence-electron chi connectivity index (χ1n) is 5.48. The fourth-order valence-corrected chi connectivity index (χ4v) is 1.04. The Morgan fingerprint density at radius 1 is 1.50 bits per heavy atom. The Morgan fingerprint density at radius 3 is 2.62 bits per heavy atom. The van der Waals surface area contributed by atoms with Gasteiger partial charge < -0.3 is 10.4 Å². The van der Waals surface area contributed by atoms with Crippen LogP contribution in [0.3, 0.4) is 0 Å². The molecular weight excluding hydrogens is 204 g/mol. The minimum Gasteiger partial charge on any atom is -0.387 e. The number of hydrogen-bond acceptors (Lipinski definition) is 3. The van der Waals surface area contributed by atoms with Crippen LogP contribution in [0.2, 0.25) is 0 Å². The summed E-state index contributed by atoms with van der Waals surface area (Å²) >= 11 is 0. The predicted molar refractivity (Wildman–Crippen MR) is 63.7 cm³/mol. The second-order valence-corrected chi connectivity index (χ2v) is 3.14. The van der Waals surface area contributed by atoms with Crippen LogP contribution < -0.4 is 5.32 Å². The number of pyridine rings is 1. The first-order chi connectivity index (χ1) is 7.59. The van der Waals surface area contributed by atoms with Gasteiger partial charge in [0, 0.05) is 6.92 Å². The van der Waals surface area contributed by atoms with Crippen molar-refractivity contribution < 1.29 is 9.90 Å². The lowest BCUT2D eigenvalue weighted by Crippen LogP contribution is -2.19. The van der Waals surface area contributed by atoms with E-state index in [-0.39, 0.29) is 5.91 Å². The summed E-state index contributed by atoms with van der Waals surface area (Å²) in [6, 6.07) is 5.37. The molecule has 0 saturated heterocycles. The topological polar surface area (TPSA) is 62.2 Å². The summed E-state index contributed by atoms with van der Waals surface area (Å²) in [5, 5.41) is 11.9. The summed E-state index contributed by atoms with van der Waals surface area (Å²) in [4.78, 5) is 14.8. The van der Waals surface area contributed by atoms with E-state index >= 15 is 0 Å². The molecular formula is C12H20N2O2. The zero-order valence-electron chi connectivity index (χ0n) is 10.3. The quantitative estimate of drug-likeness (QED) is 0.823. The number of aliphatic hydroxyl groups is 1. The van der Waals surface area contributed by atoms with Crippen LogP contribution in [-0.2, 0) is 11.3 Å². The molecule has 90 valence electrons. The number of nitrogens with one attached hydrogen (secondary N) is 1. The number of aromatic nitrogens is 1. The van der Waals surface area contributed by atoms with Crippen LogP contribution in [0.1, 0.15) is 45.2 Å². The zero-order chi connectivity index (χ0) is 12.6. The van der Waals surface area contributed by atoms with Crippen molar-refractivity contribution >= 4 is 5.91 Å². The Kier molecular flexibility index (Phi) is 7.12. The molecule has 16 heavy (non-hydrogen) atoms. The van der Waals surface area contributed by atoms with Gasteiger partial charge in [-0.2, -0.15) is 0 Å². The van der Waals surface area contributed by atoms with Crippen LogP contribution in [0, 0.1) is 0 Å². The van der Waals surface area contributed by atoms with Gasteiger partial charge in [0.2, 0.25) is 5.91 Å². The molecule has 2 N–H and O–H groups in total. The van der Waals surface area contributed by atoms with Crippen molar-refractivity contribution in [2.24, 2.45) is 0 Å². The molecule has 1 aromatic rings. The van der Waals surface area contributed by atoms with Gasteiger partial charge in [-0.1, -0.05) is 19.9 Å². The molecule has 0 aliphatic rings. The fraction of sp³-hybridized carbons (Fsp3) is 0.500. The third-order valence-electron chi connectivity index (χ3n) is 1.77. The minimum absolute atomic E-state index is 0.0887. The van der Waals surface area contributed by atoms with E-state index in [1.807, 2.05) is 26.0 Å². The molecule has 1 amide bonds. The molecule has 0 aromatic carbocycles. The van der Waals surface area contributed by atoms with Gasteiger partial charge in [0.1, 0.15) is 0 Å². The minimum atomic E-state index is -0.577. The van der Waals surface area contributed by atoms with E-state index in [1.165, 1.54) is 6.92 Å². The smallest absolute Gasteiger partial charge is 0.217 e. The molecule has 1 unspecified atom stereocenters. The van der Waals surface area contributed by atoms with E-state index in [2.05, 4.69) is 10.3 Å². The highest BCUT2D eigenvalue weighted by Crippen LogP contribution is 2.08. The number of rotatable bonds is 3. The van der Waals surface area contributed by atoms with Gasteiger partial charge in [-0.25, -0.2) is 0 Å². The van der Waals surface area contributed by atoms with Gasteiger partial charge in [-0.3, -0.25) is 9.78 Å². The van der Waals surface area contributed by atoms with Crippen molar-refractivity contribution in [3.05, 3.63) is 29.6 Å². The van der Waals surface area contributed by atoms with Crippen molar-refractivity contribution in [1.82, 2.24) is 10.3 Å². The Balaban J connectivity index is 0.00000106. The first kappa shape index (κ1) is 14.6. The third-order valence-corrected chi connectivity index (χ3v) is 1.77. The summed E-state index contributed by atoms with van der Waals surface area (Å²) in [5.74, 6) is -0.0887. The maximum absolute atomic E-state index is 10.6. The summed E-state index contributed by atoms with van der Waals surface area (Å²) in [6.45, 7) is 7.51. The van der Waals surface area contributed by atoms with Gasteiger partial charge in [0.25, 0.3) is 0 Å². The Bertz CT molecular complexity index is 325. The molecule has 4 nitrogen and oxygen atoms in total. The maximum Gasteiger partial charge on any atom is 0.217 e. The van der Waals surface area contributed by atoms with Gasteiger partial charge in [-0.15, -0.1) is 0 Å². The molecule has 0 aliphatic heterocycles. The van der Waals surface area contributed by atoms with Crippen molar-refractivity contribution in [1.29, 1.82) is 0 Å². The standard InChI is InChI=1S/C10H14N2O2.C2H6/c1-7(13)10-5-3-4-9(12-10)6-11-8(2)14;1-2/h3-5,7,13H,6H2,1-2H3,(H,11,14);1-2H3. The van der Waals surface area contributed by atoms with Crippen LogP contribution in [-0.4, -0.2) is 16.0 Å². The van der Waals surface area contributed by atoms with Crippen molar-refractivity contribution in [2.75, 3.05) is 0 Å². The number of aliphatic hydroxyl groups excluding tert-OH is 1. The number of carbonyl (C=O) groups excluding carboxylic acids is 1. The van der Waals surface area contributed by atoms with Gasteiger partial charge in [-0.05, 0) is 19.1 Å². The molecule has 0 spiro atoms. The van der Waals surface area contributed by atoms with E-state index < -0.39 is 6.10 Å². The predicted octanol–water partition coefficient (Wildman–Crippen LogP) is 1.80. The van der Waals surface area contributed by atoms with Crippen LogP contribution in [0.25, 0.3) is 0 Å². The summed E-state index contributed by atoms with van der Waals surface area (Å²) < 4.78 is 0. The number of amides is 1. The molecule has 0 radical (unpaired) electrons. The van der Waals surface area contributed by atoms with Crippen LogP contribution >= 0.6 is 0 Å². The van der Waals surface area contributed by atoms with E-state index in [0.717, 1.165) is 5.69 Å². The van der Waals surface area contributed by atoms with E-state index in [4.69, 9.17) is 0 Å². The van der Waals surface area contributed by atoms with Crippen molar-refractivity contribution in [3.8, 4) is 0 Å². The third kappa shape index (κ3) is 5.46. The molecule has 0 saturated carbocycles. The van der Waals surface area contributed by atoms with Crippen LogP contribution in [0.5, 0.6) is 0 Å². The lowest BCUT2D eigenvalue weighted by Gasteiger charge is -2.06. The Labute approximate surface area is 96.7 Å². The van der Waals surface area contributed by atoms with Crippen molar-refractivity contribution in [3.63, 3.8) is 0 Å². The summed E-state index contributed by atoms with van der Waals surface area (Å²) in [5.41, 5.74) is 1.37. The number of nitrogens with zero attached hydrogens (tertiary/aromatic N) is 1. The molecule has 0 fully saturated rings. The fourth-order valence-electron chi connectivity index (χ4n) is 1.04. The van der Waals surface area contributed by atoms with Gasteiger partial charge in [0.05, 0.1) is 24.0 Å². The number of hydrogen-bond donors (Lipinski definition) is 2. The lowest BCUT2D eigenvalue weighted by molar-refractivity contribution is -0.119. The molecule has 0 aliphatic carbocycles. The maximum atomic E-state index is 10.6. The number of carbonyl (C=O) groups is 1. The molecule has 0 bridgehead atoms. The highest BCUT2D eigenvalue weighted by molar-refractivity contribution is 5.72. The second-order valence-electron chi connectivity index (χ2n) is 3.14. The van der Waals surface area contributed by atoms with E-state index in [1.54, 1.807) is 13.0 Å². The molecule has 1 rings (SSSR count). The Morgan fingerprint density at radius 2 is 2.12 bits per heavy atom. The largest absolute Gasteiger partial charge is 0.387 e. The van der Waals surface area contributed by atoms with Crippen LogP contribution in [0.4, 0.5) is 0 Å².